The largest absolute Gasteiger partial charge is 0.343 e. The Hall–Kier alpha value is -2.08. The molecular weight excluding hydrogens is 342 g/mol. The molecule has 2 saturated heterocycles. The number of likely N-dealkylation sites (tertiary alicyclic amines) is 2. The number of benzene rings is 1. The summed E-state index contributed by atoms with van der Waals surface area (Å²) >= 11 is 5.87. The first-order chi connectivity index (χ1) is 12.0. The molecule has 1 aromatic carbocycles. The summed E-state index contributed by atoms with van der Waals surface area (Å²) in [5, 5.41) is 3.13. The van der Waals surface area contributed by atoms with Crippen molar-refractivity contribution in [3.63, 3.8) is 0 Å². The van der Waals surface area contributed by atoms with Gasteiger partial charge in [0.15, 0.2) is 0 Å². The van der Waals surface area contributed by atoms with Crippen molar-refractivity contribution < 1.29 is 14.4 Å². The molecule has 2 aliphatic rings. The highest BCUT2D eigenvalue weighted by Gasteiger charge is 2.31. The van der Waals surface area contributed by atoms with E-state index in [-0.39, 0.29) is 30.3 Å². The van der Waals surface area contributed by atoms with E-state index in [0.717, 1.165) is 25.8 Å². The Morgan fingerprint density at radius 3 is 2.60 bits per heavy atom. The predicted octanol–water partition coefficient (Wildman–Crippen LogP) is 1.68. The molecule has 0 aliphatic carbocycles. The van der Waals surface area contributed by atoms with Crippen molar-refractivity contribution in [2.24, 2.45) is 0 Å². The number of rotatable bonds is 4. The van der Waals surface area contributed by atoms with Gasteiger partial charge in [-0.1, -0.05) is 17.7 Å². The maximum atomic E-state index is 12.3. The Kier molecular flexibility index (Phi) is 5.58. The number of amides is 3. The van der Waals surface area contributed by atoms with Gasteiger partial charge in [-0.2, -0.15) is 0 Å². The molecule has 1 aromatic rings. The first-order valence-corrected chi connectivity index (χ1v) is 9.03. The van der Waals surface area contributed by atoms with Crippen molar-refractivity contribution in [2.45, 2.75) is 31.7 Å². The van der Waals surface area contributed by atoms with E-state index in [2.05, 4.69) is 5.32 Å². The van der Waals surface area contributed by atoms with Gasteiger partial charge in [0, 0.05) is 42.7 Å². The zero-order valence-electron chi connectivity index (χ0n) is 14.0. The van der Waals surface area contributed by atoms with Gasteiger partial charge in [-0.05, 0) is 37.5 Å². The minimum absolute atomic E-state index is 0.0291. The molecule has 2 heterocycles. The number of nitrogens with zero attached hydrogens (tertiary/aromatic N) is 2. The molecule has 134 valence electrons. The molecule has 0 atom stereocenters. The number of carbonyl (C=O) groups is 3. The molecule has 0 unspecified atom stereocenters. The van der Waals surface area contributed by atoms with Gasteiger partial charge in [0.25, 0.3) is 5.91 Å². The Morgan fingerprint density at radius 1 is 1.20 bits per heavy atom. The van der Waals surface area contributed by atoms with Crippen molar-refractivity contribution in [1.82, 2.24) is 15.1 Å². The maximum absolute atomic E-state index is 12.3. The molecule has 0 aromatic heterocycles. The maximum Gasteiger partial charge on any atom is 0.251 e. The lowest BCUT2D eigenvalue weighted by Crippen LogP contribution is -2.49. The average molecular weight is 364 g/mol. The topological polar surface area (TPSA) is 69.7 Å². The second kappa shape index (κ2) is 7.87. The Bertz CT molecular complexity index is 671. The van der Waals surface area contributed by atoms with Crippen LogP contribution < -0.4 is 5.32 Å². The molecule has 3 rings (SSSR count). The average Bonchev–Trinajstić information content (AvgIpc) is 3.05. The van der Waals surface area contributed by atoms with E-state index < -0.39 is 0 Å². The molecule has 2 aliphatic heterocycles. The number of halogens is 1. The molecule has 0 spiro atoms. The van der Waals surface area contributed by atoms with Crippen LogP contribution in [0.15, 0.2) is 24.3 Å². The zero-order valence-corrected chi connectivity index (χ0v) is 14.8. The molecule has 3 amide bonds. The third kappa shape index (κ3) is 4.31. The number of nitrogens with one attached hydrogen (secondary N) is 1. The summed E-state index contributed by atoms with van der Waals surface area (Å²) in [7, 11) is 0. The lowest BCUT2D eigenvalue weighted by Gasteiger charge is -2.36. The monoisotopic (exact) mass is 363 g/mol. The van der Waals surface area contributed by atoms with Gasteiger partial charge in [-0.3, -0.25) is 14.4 Å². The highest BCUT2D eigenvalue weighted by Crippen LogP contribution is 2.22. The first kappa shape index (κ1) is 17.7. The van der Waals surface area contributed by atoms with Crippen LogP contribution in [0.25, 0.3) is 0 Å². The molecule has 0 bridgehead atoms. The number of carbonyl (C=O) groups excluding carboxylic acids is 3. The van der Waals surface area contributed by atoms with Gasteiger partial charge in [-0.15, -0.1) is 0 Å². The van der Waals surface area contributed by atoms with E-state index in [0.29, 0.717) is 30.1 Å². The molecule has 6 nitrogen and oxygen atoms in total. The van der Waals surface area contributed by atoms with Crippen LogP contribution in [0.3, 0.4) is 0 Å². The van der Waals surface area contributed by atoms with Crippen LogP contribution in [-0.2, 0) is 9.59 Å². The van der Waals surface area contributed by atoms with Crippen LogP contribution >= 0.6 is 11.6 Å². The van der Waals surface area contributed by atoms with Crippen LogP contribution in [0.4, 0.5) is 0 Å². The summed E-state index contributed by atoms with van der Waals surface area (Å²) in [6.45, 7) is 2.06. The van der Waals surface area contributed by atoms with E-state index in [4.69, 9.17) is 11.6 Å². The van der Waals surface area contributed by atoms with Gasteiger partial charge in [0.2, 0.25) is 11.8 Å². The molecule has 25 heavy (non-hydrogen) atoms. The van der Waals surface area contributed by atoms with Gasteiger partial charge in [0.1, 0.15) is 0 Å². The number of hydrogen-bond acceptors (Lipinski definition) is 3. The van der Waals surface area contributed by atoms with Crippen LogP contribution in [0.1, 0.15) is 36.0 Å². The summed E-state index contributed by atoms with van der Waals surface area (Å²) < 4.78 is 0. The van der Waals surface area contributed by atoms with Crippen molar-refractivity contribution in [3.8, 4) is 0 Å². The third-order valence-electron chi connectivity index (χ3n) is 4.85. The third-order valence-corrected chi connectivity index (χ3v) is 5.09. The number of hydrogen-bond donors (Lipinski definition) is 1. The summed E-state index contributed by atoms with van der Waals surface area (Å²) in [5.74, 6) is -0.173. The van der Waals surface area contributed by atoms with Crippen molar-refractivity contribution >= 4 is 29.3 Å². The molecule has 1 N–H and O–H groups in total. The summed E-state index contributed by atoms with van der Waals surface area (Å²) in [6, 6.07) is 6.87. The van der Waals surface area contributed by atoms with Gasteiger partial charge >= 0.3 is 0 Å². The van der Waals surface area contributed by atoms with Crippen molar-refractivity contribution in [1.29, 1.82) is 0 Å². The van der Waals surface area contributed by atoms with E-state index in [1.165, 1.54) is 0 Å². The molecule has 0 radical (unpaired) electrons. The summed E-state index contributed by atoms with van der Waals surface area (Å²) in [4.78, 5) is 39.9. The fraction of sp³-hybridized carbons (Fsp3) is 0.500. The van der Waals surface area contributed by atoms with E-state index >= 15 is 0 Å². The minimum atomic E-state index is -0.312. The summed E-state index contributed by atoms with van der Waals surface area (Å²) in [5.41, 5.74) is 0.437. The zero-order chi connectivity index (χ0) is 17.8. The van der Waals surface area contributed by atoms with Crippen LogP contribution in [0.2, 0.25) is 5.02 Å². The fourth-order valence-corrected chi connectivity index (χ4v) is 3.67. The lowest BCUT2D eigenvalue weighted by atomic mass is 10.0. The smallest absolute Gasteiger partial charge is 0.251 e. The van der Waals surface area contributed by atoms with Crippen LogP contribution in [0.5, 0.6) is 0 Å². The standard InChI is InChI=1S/C18H22ClN3O3/c19-14-4-1-3-13(11-14)18(25)20-12-17(24)21-9-6-15(7-10-21)22-8-2-5-16(22)23/h1,3-4,11,15H,2,5-10,12H2,(H,20,25). The van der Waals surface area contributed by atoms with E-state index in [1.54, 1.807) is 29.2 Å². The highest BCUT2D eigenvalue weighted by molar-refractivity contribution is 6.30. The molecule has 0 saturated carbocycles. The van der Waals surface area contributed by atoms with Gasteiger partial charge in [0.05, 0.1) is 6.54 Å². The van der Waals surface area contributed by atoms with E-state index in [1.807, 2.05) is 4.90 Å². The highest BCUT2D eigenvalue weighted by atomic mass is 35.5. The van der Waals surface area contributed by atoms with Gasteiger partial charge in [-0.25, -0.2) is 0 Å². The van der Waals surface area contributed by atoms with Crippen molar-refractivity contribution in [3.05, 3.63) is 34.9 Å². The minimum Gasteiger partial charge on any atom is -0.343 e. The number of piperidine rings is 1. The second-order valence-electron chi connectivity index (χ2n) is 6.50. The Labute approximate surface area is 152 Å². The molecular formula is C18H22ClN3O3. The lowest BCUT2D eigenvalue weighted by molar-refractivity contribution is -0.133. The Morgan fingerprint density at radius 2 is 1.96 bits per heavy atom. The van der Waals surface area contributed by atoms with Crippen LogP contribution in [-0.4, -0.2) is 59.7 Å². The van der Waals surface area contributed by atoms with Gasteiger partial charge < -0.3 is 15.1 Å². The molecule has 7 heteroatoms. The second-order valence-corrected chi connectivity index (χ2v) is 6.93. The SMILES string of the molecule is O=C(NCC(=O)N1CCC(N2CCCC2=O)CC1)c1cccc(Cl)c1. The summed E-state index contributed by atoms with van der Waals surface area (Å²) in [6.07, 6.45) is 3.20. The first-order valence-electron chi connectivity index (χ1n) is 8.65. The predicted molar refractivity (Wildman–Crippen MR) is 94.3 cm³/mol. The van der Waals surface area contributed by atoms with Crippen molar-refractivity contribution in [2.75, 3.05) is 26.2 Å². The van der Waals surface area contributed by atoms with Crippen LogP contribution in [0, 0.1) is 0 Å². The van der Waals surface area contributed by atoms with E-state index in [9.17, 15) is 14.4 Å². The normalized spacial score (nSPS) is 18.5. The molecule has 2 fully saturated rings. The quantitative estimate of drug-likeness (QED) is 0.884. The fourth-order valence-electron chi connectivity index (χ4n) is 3.48. The Balaban J connectivity index is 1.45.